The molecule has 0 aliphatic heterocycles. The van der Waals surface area contributed by atoms with Crippen LogP contribution < -0.4 is 0 Å². The highest BCUT2D eigenvalue weighted by atomic mass is 16.4. The molecule has 0 rings (SSSR count). The molecule has 0 saturated heterocycles. The van der Waals surface area contributed by atoms with Crippen molar-refractivity contribution in [1.82, 2.24) is 0 Å². The van der Waals surface area contributed by atoms with Crippen molar-refractivity contribution in [2.75, 3.05) is 0 Å². The largest absolute Gasteiger partial charge is 0.481 e. The average Bonchev–Trinajstić information content (AvgIpc) is 2.45. The minimum Gasteiger partial charge on any atom is -0.481 e. The lowest BCUT2D eigenvalue weighted by molar-refractivity contribution is -0.137. The van der Waals surface area contributed by atoms with Gasteiger partial charge >= 0.3 is 5.97 Å². The molecule has 3 heteroatoms. The van der Waals surface area contributed by atoms with Crippen molar-refractivity contribution in [1.29, 1.82) is 0 Å². The summed E-state index contributed by atoms with van der Waals surface area (Å²) < 4.78 is 0. The van der Waals surface area contributed by atoms with Crippen LogP contribution in [0.25, 0.3) is 0 Å². The molecule has 126 valence electrons. The lowest BCUT2D eigenvalue weighted by Crippen LogP contribution is -2.06. The van der Waals surface area contributed by atoms with Crippen molar-refractivity contribution in [2.24, 2.45) is 0 Å². The zero-order chi connectivity index (χ0) is 15.8. The predicted octanol–water partition coefficient (Wildman–Crippen LogP) is 5.30. The van der Waals surface area contributed by atoms with Gasteiger partial charge in [0.05, 0.1) is 6.10 Å². The molecular weight excluding hydrogens is 264 g/mol. The predicted molar refractivity (Wildman–Crippen MR) is 88.6 cm³/mol. The van der Waals surface area contributed by atoms with Crippen LogP contribution in [0, 0.1) is 0 Å². The number of carbonyl (C=O) groups is 1. The van der Waals surface area contributed by atoms with Gasteiger partial charge in [-0.25, -0.2) is 0 Å². The van der Waals surface area contributed by atoms with Crippen molar-refractivity contribution < 1.29 is 15.0 Å². The van der Waals surface area contributed by atoms with E-state index in [-0.39, 0.29) is 12.5 Å². The van der Waals surface area contributed by atoms with Crippen LogP contribution in [0.4, 0.5) is 0 Å². The van der Waals surface area contributed by atoms with Crippen LogP contribution in [0.5, 0.6) is 0 Å². The molecule has 0 bridgehead atoms. The quantitative estimate of drug-likeness (QED) is 0.380. The Balaban J connectivity index is 3.15. The first-order valence-corrected chi connectivity index (χ1v) is 9.06. The molecule has 2 N–H and O–H groups in total. The van der Waals surface area contributed by atoms with Crippen LogP contribution in [0.1, 0.15) is 103 Å². The molecule has 0 aromatic carbocycles. The molecule has 0 amide bonds. The smallest absolute Gasteiger partial charge is 0.303 e. The Bertz CT molecular complexity index is 229. The van der Waals surface area contributed by atoms with E-state index in [1.165, 1.54) is 51.4 Å². The van der Waals surface area contributed by atoms with Gasteiger partial charge in [-0.1, -0.05) is 77.6 Å². The van der Waals surface area contributed by atoms with E-state index in [2.05, 4.69) is 6.92 Å². The molecule has 0 aromatic heterocycles. The molecule has 0 saturated carbocycles. The van der Waals surface area contributed by atoms with Gasteiger partial charge in [0.25, 0.3) is 0 Å². The van der Waals surface area contributed by atoms with Crippen molar-refractivity contribution in [3.8, 4) is 0 Å². The van der Waals surface area contributed by atoms with Crippen LogP contribution in [0.3, 0.4) is 0 Å². The number of aliphatic hydroxyl groups excluding tert-OH is 1. The minimum absolute atomic E-state index is 0.181. The Hall–Kier alpha value is -0.570. The fraction of sp³-hybridized carbons (Fsp3) is 0.944. The van der Waals surface area contributed by atoms with Gasteiger partial charge in [-0.15, -0.1) is 0 Å². The van der Waals surface area contributed by atoms with Crippen molar-refractivity contribution >= 4 is 5.97 Å². The highest BCUT2D eigenvalue weighted by molar-refractivity contribution is 5.66. The second-order valence-electron chi connectivity index (χ2n) is 6.26. The van der Waals surface area contributed by atoms with Crippen LogP contribution >= 0.6 is 0 Å². The van der Waals surface area contributed by atoms with E-state index in [1.807, 2.05) is 0 Å². The van der Waals surface area contributed by atoms with E-state index in [4.69, 9.17) is 5.11 Å². The third-order valence-corrected chi connectivity index (χ3v) is 4.07. The molecule has 21 heavy (non-hydrogen) atoms. The number of rotatable bonds is 16. The van der Waals surface area contributed by atoms with Gasteiger partial charge in [0, 0.05) is 6.42 Å². The highest BCUT2D eigenvalue weighted by Gasteiger charge is 2.04. The minimum atomic E-state index is -0.717. The molecule has 0 aromatic rings. The first kappa shape index (κ1) is 20.4. The third kappa shape index (κ3) is 17.4. The summed E-state index contributed by atoms with van der Waals surface area (Å²) in [5.74, 6) is -0.717. The van der Waals surface area contributed by atoms with E-state index in [1.54, 1.807) is 0 Å². The summed E-state index contributed by atoms with van der Waals surface area (Å²) in [6.07, 6.45) is 16.3. The van der Waals surface area contributed by atoms with Crippen molar-refractivity contribution in [3.63, 3.8) is 0 Å². The SMILES string of the molecule is CCCCCCCCCCC[C@@H](O)CCCCCC(=O)O. The summed E-state index contributed by atoms with van der Waals surface area (Å²) in [5, 5.41) is 18.4. The Kier molecular flexibility index (Phi) is 15.4. The van der Waals surface area contributed by atoms with Gasteiger partial charge in [0.15, 0.2) is 0 Å². The standard InChI is InChI=1S/C18H36O3/c1-2-3-4-5-6-7-8-9-11-14-17(19)15-12-10-13-16-18(20)21/h17,19H,2-16H2,1H3,(H,20,21)/t17-/m1/s1. The lowest BCUT2D eigenvalue weighted by atomic mass is 10.0. The van der Waals surface area contributed by atoms with Gasteiger partial charge < -0.3 is 10.2 Å². The van der Waals surface area contributed by atoms with Gasteiger partial charge in [-0.2, -0.15) is 0 Å². The molecule has 0 heterocycles. The fourth-order valence-electron chi connectivity index (χ4n) is 2.67. The number of hydrogen-bond acceptors (Lipinski definition) is 2. The third-order valence-electron chi connectivity index (χ3n) is 4.07. The van der Waals surface area contributed by atoms with E-state index in [0.29, 0.717) is 0 Å². The maximum Gasteiger partial charge on any atom is 0.303 e. The molecule has 0 unspecified atom stereocenters. The molecule has 0 fully saturated rings. The summed E-state index contributed by atoms with van der Waals surface area (Å²) in [5.41, 5.74) is 0. The molecule has 0 radical (unpaired) electrons. The van der Waals surface area contributed by atoms with Gasteiger partial charge in [-0.3, -0.25) is 4.79 Å². The first-order chi connectivity index (χ1) is 10.2. The summed E-state index contributed by atoms with van der Waals surface area (Å²) >= 11 is 0. The number of aliphatic carboxylic acids is 1. The molecule has 1 atom stereocenters. The Morgan fingerprint density at radius 2 is 1.19 bits per heavy atom. The molecule has 3 nitrogen and oxygen atoms in total. The van der Waals surface area contributed by atoms with Crippen LogP contribution in [0.2, 0.25) is 0 Å². The summed E-state index contributed by atoms with van der Waals surface area (Å²) in [4.78, 5) is 10.3. The number of hydrogen-bond donors (Lipinski definition) is 2. The number of carboxylic acid groups (broad SMARTS) is 1. The Morgan fingerprint density at radius 1 is 0.762 bits per heavy atom. The number of aliphatic hydroxyl groups is 1. The number of unbranched alkanes of at least 4 members (excludes halogenated alkanes) is 10. The summed E-state index contributed by atoms with van der Waals surface area (Å²) in [6, 6.07) is 0. The van der Waals surface area contributed by atoms with E-state index in [9.17, 15) is 9.90 Å². The number of carboxylic acids is 1. The summed E-state index contributed by atoms with van der Waals surface area (Å²) in [6.45, 7) is 2.25. The topological polar surface area (TPSA) is 57.5 Å². The average molecular weight is 300 g/mol. The Labute approximate surface area is 131 Å². The van der Waals surface area contributed by atoms with Crippen molar-refractivity contribution in [2.45, 2.75) is 109 Å². The second-order valence-corrected chi connectivity index (χ2v) is 6.26. The van der Waals surface area contributed by atoms with E-state index in [0.717, 1.165) is 38.5 Å². The first-order valence-electron chi connectivity index (χ1n) is 9.06. The van der Waals surface area contributed by atoms with Crippen LogP contribution in [0.15, 0.2) is 0 Å². The monoisotopic (exact) mass is 300 g/mol. The van der Waals surface area contributed by atoms with Gasteiger partial charge in [-0.05, 0) is 19.3 Å². The van der Waals surface area contributed by atoms with Gasteiger partial charge in [0.2, 0.25) is 0 Å². The lowest BCUT2D eigenvalue weighted by Gasteiger charge is -2.10. The molecule has 0 aliphatic rings. The van der Waals surface area contributed by atoms with E-state index >= 15 is 0 Å². The van der Waals surface area contributed by atoms with Crippen LogP contribution in [-0.2, 0) is 4.79 Å². The van der Waals surface area contributed by atoms with Crippen LogP contribution in [-0.4, -0.2) is 22.3 Å². The highest BCUT2D eigenvalue weighted by Crippen LogP contribution is 2.14. The van der Waals surface area contributed by atoms with Crippen molar-refractivity contribution in [3.05, 3.63) is 0 Å². The molecule has 0 spiro atoms. The fourth-order valence-corrected chi connectivity index (χ4v) is 2.67. The maximum atomic E-state index is 10.3. The molecule has 0 aliphatic carbocycles. The van der Waals surface area contributed by atoms with Gasteiger partial charge in [0.1, 0.15) is 0 Å². The molecular formula is C18H36O3. The Morgan fingerprint density at radius 3 is 1.67 bits per heavy atom. The zero-order valence-corrected chi connectivity index (χ0v) is 14.0. The normalized spacial score (nSPS) is 12.5. The van der Waals surface area contributed by atoms with E-state index < -0.39 is 5.97 Å². The zero-order valence-electron chi connectivity index (χ0n) is 14.0. The second kappa shape index (κ2) is 15.8. The summed E-state index contributed by atoms with van der Waals surface area (Å²) in [7, 11) is 0. The maximum absolute atomic E-state index is 10.3.